The number of piperidine rings is 1. The molecule has 2 heterocycles. The SMILES string of the molecule is C1CCC2(CCNC2)NC1.Cl.Cl. The Bertz CT molecular complexity index is 116. The molecule has 74 valence electrons. The molecule has 4 heteroatoms. The van der Waals surface area contributed by atoms with Gasteiger partial charge in [0.05, 0.1) is 0 Å². The first-order valence-corrected chi connectivity index (χ1v) is 4.37. The van der Waals surface area contributed by atoms with Crippen LogP contribution in [0.25, 0.3) is 0 Å². The summed E-state index contributed by atoms with van der Waals surface area (Å²) in [5.41, 5.74) is 0.512. The normalized spacial score (nSPS) is 34.0. The molecule has 2 aliphatic rings. The maximum absolute atomic E-state index is 3.63. The van der Waals surface area contributed by atoms with E-state index in [2.05, 4.69) is 10.6 Å². The Labute approximate surface area is 86.7 Å². The van der Waals surface area contributed by atoms with Gasteiger partial charge in [-0.05, 0) is 32.4 Å². The first-order chi connectivity index (χ1) is 4.91. The Morgan fingerprint density at radius 1 is 0.917 bits per heavy atom. The van der Waals surface area contributed by atoms with E-state index in [9.17, 15) is 0 Å². The van der Waals surface area contributed by atoms with E-state index >= 15 is 0 Å². The summed E-state index contributed by atoms with van der Waals surface area (Å²) >= 11 is 0. The van der Waals surface area contributed by atoms with E-state index in [4.69, 9.17) is 0 Å². The van der Waals surface area contributed by atoms with E-state index in [0.717, 1.165) is 0 Å². The molecule has 0 aromatic heterocycles. The van der Waals surface area contributed by atoms with Gasteiger partial charge in [0.1, 0.15) is 0 Å². The van der Waals surface area contributed by atoms with Crippen molar-refractivity contribution in [3.8, 4) is 0 Å². The van der Waals surface area contributed by atoms with Crippen LogP contribution in [0.2, 0.25) is 0 Å². The standard InChI is InChI=1S/C8H16N2.2ClH/c1-2-5-10-8(3-1)4-6-9-7-8;;/h9-10H,1-7H2;2*1H. The van der Waals surface area contributed by atoms with Gasteiger partial charge in [0, 0.05) is 12.1 Å². The van der Waals surface area contributed by atoms with Gasteiger partial charge >= 0.3 is 0 Å². The van der Waals surface area contributed by atoms with E-state index in [0.29, 0.717) is 5.54 Å². The molecule has 1 atom stereocenters. The van der Waals surface area contributed by atoms with Crippen LogP contribution in [-0.4, -0.2) is 25.2 Å². The molecule has 2 fully saturated rings. The molecule has 1 spiro atoms. The zero-order valence-electron chi connectivity index (χ0n) is 7.27. The lowest BCUT2D eigenvalue weighted by molar-refractivity contribution is 0.277. The first kappa shape index (κ1) is 12.5. The van der Waals surface area contributed by atoms with E-state index < -0.39 is 0 Å². The number of hydrogen-bond acceptors (Lipinski definition) is 2. The molecule has 0 aromatic rings. The third-order valence-corrected chi connectivity index (χ3v) is 2.83. The van der Waals surface area contributed by atoms with Gasteiger partial charge in [-0.3, -0.25) is 0 Å². The summed E-state index contributed by atoms with van der Waals surface area (Å²) in [6.45, 7) is 3.65. The van der Waals surface area contributed by atoms with Gasteiger partial charge in [0.15, 0.2) is 0 Å². The van der Waals surface area contributed by atoms with Gasteiger partial charge in [-0.1, -0.05) is 6.42 Å². The highest BCUT2D eigenvalue weighted by atomic mass is 35.5. The molecule has 0 saturated carbocycles. The fourth-order valence-electron chi connectivity index (χ4n) is 2.14. The minimum Gasteiger partial charge on any atom is -0.315 e. The van der Waals surface area contributed by atoms with Crippen molar-refractivity contribution in [3.63, 3.8) is 0 Å². The van der Waals surface area contributed by atoms with Crippen molar-refractivity contribution in [2.24, 2.45) is 0 Å². The topological polar surface area (TPSA) is 24.1 Å². The summed E-state index contributed by atoms with van der Waals surface area (Å²) in [7, 11) is 0. The zero-order chi connectivity index (χ0) is 6.86. The average molecular weight is 213 g/mol. The molecule has 2 aliphatic heterocycles. The number of nitrogens with one attached hydrogen (secondary N) is 2. The summed E-state index contributed by atoms with van der Waals surface area (Å²) < 4.78 is 0. The molecular weight excluding hydrogens is 195 g/mol. The van der Waals surface area contributed by atoms with Gasteiger partial charge in [-0.25, -0.2) is 0 Å². The molecular formula is C8H18Cl2N2. The van der Waals surface area contributed by atoms with Crippen LogP contribution in [0.3, 0.4) is 0 Å². The van der Waals surface area contributed by atoms with Crippen molar-refractivity contribution >= 4 is 24.8 Å². The van der Waals surface area contributed by atoms with E-state index in [1.54, 1.807) is 0 Å². The predicted molar refractivity (Wildman–Crippen MR) is 56.6 cm³/mol. The smallest absolute Gasteiger partial charge is 0.0318 e. The second-order valence-electron chi connectivity index (χ2n) is 3.59. The average Bonchev–Trinajstić information content (AvgIpc) is 2.39. The Hall–Kier alpha value is 0.500. The highest BCUT2D eigenvalue weighted by Gasteiger charge is 2.33. The van der Waals surface area contributed by atoms with E-state index in [1.165, 1.54) is 45.3 Å². The Balaban J connectivity index is 0.000000605. The predicted octanol–water partition coefficient (Wildman–Crippen LogP) is 1.34. The van der Waals surface area contributed by atoms with Crippen LogP contribution in [0.15, 0.2) is 0 Å². The lowest BCUT2D eigenvalue weighted by Crippen LogP contribution is -2.49. The first-order valence-electron chi connectivity index (χ1n) is 4.37. The van der Waals surface area contributed by atoms with Crippen LogP contribution in [0.4, 0.5) is 0 Å². The quantitative estimate of drug-likeness (QED) is 0.634. The van der Waals surface area contributed by atoms with Crippen LogP contribution in [0, 0.1) is 0 Å². The van der Waals surface area contributed by atoms with Gasteiger partial charge < -0.3 is 10.6 Å². The van der Waals surface area contributed by atoms with Crippen molar-refractivity contribution < 1.29 is 0 Å². The van der Waals surface area contributed by atoms with Crippen molar-refractivity contribution in [2.75, 3.05) is 19.6 Å². The van der Waals surface area contributed by atoms with Crippen molar-refractivity contribution in [2.45, 2.75) is 31.2 Å². The van der Waals surface area contributed by atoms with Gasteiger partial charge in [-0.2, -0.15) is 0 Å². The highest BCUT2D eigenvalue weighted by Crippen LogP contribution is 2.24. The molecule has 0 radical (unpaired) electrons. The van der Waals surface area contributed by atoms with Crippen LogP contribution < -0.4 is 10.6 Å². The summed E-state index contributed by atoms with van der Waals surface area (Å²) in [4.78, 5) is 0. The maximum atomic E-state index is 3.63. The molecule has 0 bridgehead atoms. The number of halogens is 2. The lowest BCUT2D eigenvalue weighted by atomic mass is 9.88. The fraction of sp³-hybridized carbons (Fsp3) is 1.00. The number of rotatable bonds is 0. The van der Waals surface area contributed by atoms with E-state index in [-0.39, 0.29) is 24.8 Å². The van der Waals surface area contributed by atoms with Crippen LogP contribution in [0.5, 0.6) is 0 Å². The van der Waals surface area contributed by atoms with Crippen LogP contribution >= 0.6 is 24.8 Å². The lowest BCUT2D eigenvalue weighted by Gasteiger charge is -2.33. The maximum Gasteiger partial charge on any atom is 0.0318 e. The van der Waals surface area contributed by atoms with Gasteiger partial charge in [0.25, 0.3) is 0 Å². The number of hydrogen-bond donors (Lipinski definition) is 2. The summed E-state index contributed by atoms with van der Waals surface area (Å²) in [6, 6.07) is 0. The summed E-state index contributed by atoms with van der Waals surface area (Å²) in [5.74, 6) is 0. The summed E-state index contributed by atoms with van der Waals surface area (Å²) in [5, 5.41) is 7.05. The highest BCUT2D eigenvalue weighted by molar-refractivity contribution is 5.85. The molecule has 2 N–H and O–H groups in total. The van der Waals surface area contributed by atoms with Crippen LogP contribution in [0.1, 0.15) is 25.7 Å². The minimum absolute atomic E-state index is 0. The monoisotopic (exact) mass is 212 g/mol. The van der Waals surface area contributed by atoms with E-state index in [1.807, 2.05) is 0 Å². The molecule has 1 unspecified atom stereocenters. The van der Waals surface area contributed by atoms with Crippen LogP contribution in [-0.2, 0) is 0 Å². The Morgan fingerprint density at radius 2 is 1.75 bits per heavy atom. The van der Waals surface area contributed by atoms with Gasteiger partial charge in [-0.15, -0.1) is 24.8 Å². The Morgan fingerprint density at radius 3 is 2.25 bits per heavy atom. The van der Waals surface area contributed by atoms with Crippen molar-refractivity contribution in [1.82, 2.24) is 10.6 Å². The molecule has 2 saturated heterocycles. The Kier molecular flexibility index (Phi) is 5.50. The molecule has 12 heavy (non-hydrogen) atoms. The van der Waals surface area contributed by atoms with Crippen molar-refractivity contribution in [1.29, 1.82) is 0 Å². The molecule has 0 aromatic carbocycles. The third kappa shape index (κ3) is 2.49. The summed E-state index contributed by atoms with van der Waals surface area (Å²) in [6.07, 6.45) is 5.53. The second kappa shape index (κ2) is 5.28. The largest absolute Gasteiger partial charge is 0.315 e. The third-order valence-electron chi connectivity index (χ3n) is 2.83. The molecule has 2 rings (SSSR count). The zero-order valence-corrected chi connectivity index (χ0v) is 8.90. The molecule has 2 nitrogen and oxygen atoms in total. The minimum atomic E-state index is 0. The molecule has 0 aliphatic carbocycles. The molecule has 0 amide bonds. The fourth-order valence-corrected chi connectivity index (χ4v) is 2.14. The van der Waals surface area contributed by atoms with Crippen molar-refractivity contribution in [3.05, 3.63) is 0 Å². The van der Waals surface area contributed by atoms with Gasteiger partial charge in [0.2, 0.25) is 0 Å². The second-order valence-corrected chi connectivity index (χ2v) is 3.59.